The maximum atomic E-state index is 12.1. The zero-order chi connectivity index (χ0) is 13.3. The Morgan fingerprint density at radius 3 is 2.67 bits per heavy atom. The van der Waals surface area contributed by atoms with Crippen LogP contribution in [0.15, 0.2) is 0 Å². The van der Waals surface area contributed by atoms with Gasteiger partial charge >= 0.3 is 0 Å². The Morgan fingerprint density at radius 2 is 2.06 bits per heavy atom. The molecule has 0 aromatic heterocycles. The van der Waals surface area contributed by atoms with Gasteiger partial charge in [-0.25, -0.2) is 0 Å². The van der Waals surface area contributed by atoms with Crippen molar-refractivity contribution < 1.29 is 19.2 Å². The van der Waals surface area contributed by atoms with Crippen LogP contribution in [-0.2, 0) is 19.2 Å². The van der Waals surface area contributed by atoms with Crippen LogP contribution in [0.25, 0.3) is 0 Å². The topological polar surface area (TPSA) is 80.3 Å². The molecule has 5 nitrogen and oxygen atoms in total. The SMILES string of the molecule is C[C@H]1CCC(=O)[C@H](C(=O)C[C@@H]2CC(=O)NC2=O)C1. The fourth-order valence-corrected chi connectivity index (χ4v) is 2.68. The monoisotopic (exact) mass is 251 g/mol. The summed E-state index contributed by atoms with van der Waals surface area (Å²) in [4.78, 5) is 46.2. The Balaban J connectivity index is 1.97. The van der Waals surface area contributed by atoms with Crippen LogP contribution in [0.1, 0.15) is 39.0 Å². The molecule has 0 spiro atoms. The van der Waals surface area contributed by atoms with Crippen molar-refractivity contribution in [3.8, 4) is 0 Å². The first-order valence-electron chi connectivity index (χ1n) is 6.36. The Kier molecular flexibility index (Phi) is 3.59. The third-order valence-corrected chi connectivity index (χ3v) is 3.81. The molecule has 0 bridgehead atoms. The van der Waals surface area contributed by atoms with Gasteiger partial charge in [0.15, 0.2) is 0 Å². The lowest BCUT2D eigenvalue weighted by Gasteiger charge is -2.24. The van der Waals surface area contributed by atoms with Gasteiger partial charge in [-0.05, 0) is 18.8 Å². The molecule has 2 aliphatic rings. The highest BCUT2D eigenvalue weighted by molar-refractivity contribution is 6.08. The van der Waals surface area contributed by atoms with Crippen LogP contribution in [-0.4, -0.2) is 23.4 Å². The molecule has 5 heteroatoms. The number of Topliss-reactive ketones (excluding diaryl/α,β-unsaturated/α-hetero) is 2. The van der Waals surface area contributed by atoms with E-state index >= 15 is 0 Å². The summed E-state index contributed by atoms with van der Waals surface area (Å²) >= 11 is 0. The van der Waals surface area contributed by atoms with Crippen molar-refractivity contribution in [1.82, 2.24) is 5.32 Å². The summed E-state index contributed by atoms with van der Waals surface area (Å²) in [5.41, 5.74) is 0. The predicted octanol–water partition coefficient (Wildman–Crippen LogP) is 0.614. The first-order valence-corrected chi connectivity index (χ1v) is 6.36. The van der Waals surface area contributed by atoms with Crippen LogP contribution in [0, 0.1) is 17.8 Å². The van der Waals surface area contributed by atoms with E-state index in [9.17, 15) is 19.2 Å². The zero-order valence-corrected chi connectivity index (χ0v) is 10.4. The molecule has 0 aromatic carbocycles. The number of rotatable bonds is 3. The Morgan fingerprint density at radius 1 is 1.33 bits per heavy atom. The average molecular weight is 251 g/mol. The molecule has 18 heavy (non-hydrogen) atoms. The standard InChI is InChI=1S/C13H17NO4/c1-7-2-3-10(15)9(4-7)11(16)5-8-6-12(17)14-13(8)18/h7-9H,2-6H2,1H3,(H,14,17,18)/t7-,8+,9+/m0/s1. The summed E-state index contributed by atoms with van der Waals surface area (Å²) in [5.74, 6) is -1.67. The minimum atomic E-state index is -0.574. The highest BCUT2D eigenvalue weighted by Gasteiger charge is 2.37. The average Bonchev–Trinajstić information content (AvgIpc) is 2.61. The molecule has 1 saturated carbocycles. The molecule has 1 aliphatic heterocycles. The minimum Gasteiger partial charge on any atom is -0.299 e. The van der Waals surface area contributed by atoms with E-state index in [2.05, 4.69) is 5.32 Å². The van der Waals surface area contributed by atoms with Gasteiger partial charge in [0, 0.05) is 19.3 Å². The van der Waals surface area contributed by atoms with E-state index in [1.54, 1.807) is 0 Å². The van der Waals surface area contributed by atoms with E-state index in [0.29, 0.717) is 18.8 Å². The zero-order valence-electron chi connectivity index (χ0n) is 10.4. The molecule has 0 unspecified atom stereocenters. The molecular formula is C13H17NO4. The summed E-state index contributed by atoms with van der Waals surface area (Å²) in [7, 11) is 0. The molecule has 2 fully saturated rings. The molecule has 0 aromatic rings. The number of hydrogen-bond acceptors (Lipinski definition) is 4. The van der Waals surface area contributed by atoms with Crippen LogP contribution >= 0.6 is 0 Å². The molecule has 3 atom stereocenters. The van der Waals surface area contributed by atoms with Gasteiger partial charge in [0.25, 0.3) is 0 Å². The highest BCUT2D eigenvalue weighted by atomic mass is 16.2. The molecular weight excluding hydrogens is 234 g/mol. The lowest BCUT2D eigenvalue weighted by atomic mass is 9.77. The van der Waals surface area contributed by atoms with Crippen molar-refractivity contribution >= 4 is 23.4 Å². The van der Waals surface area contributed by atoms with Gasteiger partial charge < -0.3 is 0 Å². The van der Waals surface area contributed by atoms with E-state index in [1.807, 2.05) is 6.92 Å². The third-order valence-electron chi connectivity index (χ3n) is 3.81. The summed E-state index contributed by atoms with van der Waals surface area (Å²) in [6.07, 6.45) is 1.96. The van der Waals surface area contributed by atoms with Gasteiger partial charge in [0.1, 0.15) is 11.6 Å². The fourth-order valence-electron chi connectivity index (χ4n) is 2.68. The van der Waals surface area contributed by atoms with Gasteiger partial charge in [-0.1, -0.05) is 6.92 Å². The number of hydrogen-bond donors (Lipinski definition) is 1. The van der Waals surface area contributed by atoms with E-state index in [0.717, 1.165) is 6.42 Å². The summed E-state index contributed by atoms with van der Waals surface area (Å²) < 4.78 is 0. The second-order valence-corrected chi connectivity index (χ2v) is 5.38. The number of ketones is 2. The molecule has 2 rings (SSSR count). The predicted molar refractivity (Wildman–Crippen MR) is 62.4 cm³/mol. The number of nitrogens with one attached hydrogen (secondary N) is 1. The summed E-state index contributed by atoms with van der Waals surface area (Å²) in [5, 5.41) is 2.18. The number of carbonyl (C=O) groups excluding carboxylic acids is 4. The number of imide groups is 1. The number of amides is 2. The van der Waals surface area contributed by atoms with Crippen LogP contribution in [0.5, 0.6) is 0 Å². The second kappa shape index (κ2) is 5.00. The van der Waals surface area contributed by atoms with E-state index in [4.69, 9.17) is 0 Å². The first-order chi connectivity index (χ1) is 8.47. The Bertz CT molecular complexity index is 415. The van der Waals surface area contributed by atoms with E-state index < -0.39 is 11.8 Å². The second-order valence-electron chi connectivity index (χ2n) is 5.38. The lowest BCUT2D eigenvalue weighted by molar-refractivity contribution is -0.137. The molecule has 0 radical (unpaired) electrons. The quantitative estimate of drug-likeness (QED) is 0.588. The molecule has 1 N–H and O–H groups in total. The van der Waals surface area contributed by atoms with Crippen molar-refractivity contribution in [1.29, 1.82) is 0 Å². The van der Waals surface area contributed by atoms with Crippen molar-refractivity contribution in [2.24, 2.45) is 17.8 Å². The number of carbonyl (C=O) groups is 4. The third kappa shape index (κ3) is 2.66. The van der Waals surface area contributed by atoms with Crippen LogP contribution < -0.4 is 5.32 Å². The van der Waals surface area contributed by atoms with Gasteiger partial charge in [-0.15, -0.1) is 0 Å². The van der Waals surface area contributed by atoms with E-state index in [1.165, 1.54) is 0 Å². The van der Waals surface area contributed by atoms with Crippen molar-refractivity contribution in [2.45, 2.75) is 39.0 Å². The molecule has 1 saturated heterocycles. The minimum absolute atomic E-state index is 0.0113. The largest absolute Gasteiger partial charge is 0.299 e. The molecule has 1 heterocycles. The molecule has 1 aliphatic carbocycles. The maximum Gasteiger partial charge on any atom is 0.230 e. The highest BCUT2D eigenvalue weighted by Crippen LogP contribution is 2.29. The van der Waals surface area contributed by atoms with Gasteiger partial charge in [0.2, 0.25) is 11.8 Å². The summed E-state index contributed by atoms with van der Waals surface area (Å²) in [6, 6.07) is 0. The van der Waals surface area contributed by atoms with Gasteiger partial charge in [-0.2, -0.15) is 0 Å². The smallest absolute Gasteiger partial charge is 0.230 e. The van der Waals surface area contributed by atoms with Crippen molar-refractivity contribution in [3.05, 3.63) is 0 Å². The van der Waals surface area contributed by atoms with Gasteiger partial charge in [-0.3, -0.25) is 24.5 Å². The Hall–Kier alpha value is -1.52. The normalized spacial score (nSPS) is 32.5. The molecule has 2 amide bonds. The first kappa shape index (κ1) is 12.9. The van der Waals surface area contributed by atoms with Crippen LogP contribution in [0.2, 0.25) is 0 Å². The molecule has 98 valence electrons. The summed E-state index contributed by atoms with van der Waals surface area (Å²) in [6.45, 7) is 2.03. The lowest BCUT2D eigenvalue weighted by Crippen LogP contribution is -2.32. The van der Waals surface area contributed by atoms with Gasteiger partial charge in [0.05, 0.1) is 11.8 Å². The Labute approximate surface area is 105 Å². The maximum absolute atomic E-state index is 12.1. The van der Waals surface area contributed by atoms with E-state index in [-0.39, 0.29) is 36.2 Å². The van der Waals surface area contributed by atoms with Crippen molar-refractivity contribution in [3.63, 3.8) is 0 Å². The van der Waals surface area contributed by atoms with Crippen LogP contribution in [0.3, 0.4) is 0 Å². The van der Waals surface area contributed by atoms with Crippen molar-refractivity contribution in [2.75, 3.05) is 0 Å². The fraction of sp³-hybridized carbons (Fsp3) is 0.692. The van der Waals surface area contributed by atoms with Crippen LogP contribution in [0.4, 0.5) is 0 Å².